The van der Waals surface area contributed by atoms with Crippen LogP contribution in [0.4, 0.5) is 0 Å². The first-order chi connectivity index (χ1) is 11.6. The van der Waals surface area contributed by atoms with Gasteiger partial charge in [-0.2, -0.15) is 0 Å². The molecular weight excluding hydrogens is 300 g/mol. The van der Waals surface area contributed by atoms with E-state index in [4.69, 9.17) is 0 Å². The number of hydrogen-bond acceptors (Lipinski definition) is 2. The smallest absolute Gasteiger partial charge is 0.227 e. The SMILES string of the molecule is Cc1cccc2[nH]cc(CC(=O)N(C)C(CO)c3ccccc3)c12. The molecule has 0 radical (unpaired) electrons. The zero-order valence-electron chi connectivity index (χ0n) is 14.0. The number of nitrogens with one attached hydrogen (secondary N) is 1. The molecule has 0 saturated heterocycles. The Morgan fingerprint density at radius 2 is 1.92 bits per heavy atom. The van der Waals surface area contributed by atoms with E-state index < -0.39 is 0 Å². The number of H-pyrrole nitrogens is 1. The van der Waals surface area contributed by atoms with Crippen molar-refractivity contribution in [1.82, 2.24) is 9.88 Å². The molecule has 0 aliphatic heterocycles. The number of amides is 1. The molecule has 0 aliphatic rings. The molecule has 2 aromatic carbocycles. The Balaban J connectivity index is 1.83. The number of carbonyl (C=O) groups excluding carboxylic acids is 1. The third-order valence-corrected chi connectivity index (χ3v) is 4.56. The Hall–Kier alpha value is -2.59. The van der Waals surface area contributed by atoms with Crippen molar-refractivity contribution in [1.29, 1.82) is 0 Å². The maximum atomic E-state index is 12.7. The average molecular weight is 322 g/mol. The van der Waals surface area contributed by atoms with Crippen molar-refractivity contribution in [2.24, 2.45) is 0 Å². The van der Waals surface area contributed by atoms with Gasteiger partial charge in [0, 0.05) is 24.1 Å². The fraction of sp³-hybridized carbons (Fsp3) is 0.250. The maximum Gasteiger partial charge on any atom is 0.227 e. The predicted molar refractivity (Wildman–Crippen MR) is 95.8 cm³/mol. The molecule has 3 aromatic rings. The van der Waals surface area contributed by atoms with E-state index >= 15 is 0 Å². The molecule has 1 atom stereocenters. The van der Waals surface area contributed by atoms with Crippen LogP contribution in [-0.4, -0.2) is 34.6 Å². The lowest BCUT2D eigenvalue weighted by molar-refractivity contribution is -0.132. The van der Waals surface area contributed by atoms with Crippen LogP contribution in [0.25, 0.3) is 10.9 Å². The Morgan fingerprint density at radius 1 is 1.17 bits per heavy atom. The molecular formula is C20H22N2O2. The first kappa shape index (κ1) is 16.3. The van der Waals surface area contributed by atoms with Crippen LogP contribution in [0.3, 0.4) is 0 Å². The van der Waals surface area contributed by atoms with Crippen LogP contribution < -0.4 is 0 Å². The summed E-state index contributed by atoms with van der Waals surface area (Å²) < 4.78 is 0. The van der Waals surface area contributed by atoms with Crippen molar-refractivity contribution in [2.75, 3.05) is 13.7 Å². The molecule has 4 nitrogen and oxygen atoms in total. The van der Waals surface area contributed by atoms with Crippen molar-refractivity contribution in [3.05, 3.63) is 71.4 Å². The van der Waals surface area contributed by atoms with Gasteiger partial charge in [-0.15, -0.1) is 0 Å². The zero-order chi connectivity index (χ0) is 17.1. The van der Waals surface area contributed by atoms with Crippen LogP contribution in [0.1, 0.15) is 22.7 Å². The van der Waals surface area contributed by atoms with Crippen LogP contribution in [0, 0.1) is 6.92 Å². The summed E-state index contributed by atoms with van der Waals surface area (Å²) in [6.07, 6.45) is 2.21. The lowest BCUT2D eigenvalue weighted by atomic mass is 10.0. The van der Waals surface area contributed by atoms with Gasteiger partial charge < -0.3 is 15.0 Å². The standard InChI is InChI=1S/C20H22N2O2/c1-14-7-6-10-17-20(14)16(12-21-17)11-19(24)22(2)18(13-23)15-8-4-3-5-9-15/h3-10,12,18,21,23H,11,13H2,1-2H3. The van der Waals surface area contributed by atoms with Gasteiger partial charge in [-0.25, -0.2) is 0 Å². The van der Waals surface area contributed by atoms with E-state index in [1.54, 1.807) is 11.9 Å². The summed E-state index contributed by atoms with van der Waals surface area (Å²) in [7, 11) is 1.75. The number of benzene rings is 2. The summed E-state index contributed by atoms with van der Waals surface area (Å²) in [6.45, 7) is 1.95. The van der Waals surface area contributed by atoms with E-state index in [1.165, 1.54) is 0 Å². The molecule has 3 rings (SSSR count). The predicted octanol–water partition coefficient (Wildman–Crippen LogP) is 3.21. The number of aryl methyl sites for hydroxylation is 1. The van der Waals surface area contributed by atoms with Gasteiger partial charge in [0.1, 0.15) is 0 Å². The number of fused-ring (bicyclic) bond motifs is 1. The third-order valence-electron chi connectivity index (χ3n) is 4.56. The molecule has 124 valence electrons. The molecule has 0 bridgehead atoms. The lowest BCUT2D eigenvalue weighted by Gasteiger charge is -2.27. The van der Waals surface area contributed by atoms with Crippen LogP contribution in [0.15, 0.2) is 54.7 Å². The highest BCUT2D eigenvalue weighted by Gasteiger charge is 2.22. The monoisotopic (exact) mass is 322 g/mol. The molecule has 1 unspecified atom stereocenters. The number of aliphatic hydroxyl groups is 1. The number of nitrogens with zero attached hydrogens (tertiary/aromatic N) is 1. The molecule has 0 saturated carbocycles. The number of aromatic nitrogens is 1. The van der Waals surface area contributed by atoms with Crippen molar-refractivity contribution in [3.63, 3.8) is 0 Å². The minimum atomic E-state index is -0.329. The van der Waals surface area contributed by atoms with E-state index in [0.29, 0.717) is 6.42 Å². The second-order valence-electron chi connectivity index (χ2n) is 6.10. The number of carbonyl (C=O) groups is 1. The topological polar surface area (TPSA) is 56.3 Å². The molecule has 0 spiro atoms. The first-order valence-electron chi connectivity index (χ1n) is 8.09. The molecule has 4 heteroatoms. The molecule has 2 N–H and O–H groups in total. The second kappa shape index (κ2) is 6.89. The van der Waals surface area contributed by atoms with Gasteiger partial charge in [-0.1, -0.05) is 42.5 Å². The number of rotatable bonds is 5. The Morgan fingerprint density at radius 3 is 2.62 bits per heavy atom. The van der Waals surface area contributed by atoms with E-state index in [-0.39, 0.29) is 18.6 Å². The van der Waals surface area contributed by atoms with Gasteiger partial charge in [0.15, 0.2) is 0 Å². The largest absolute Gasteiger partial charge is 0.394 e. The van der Waals surface area contributed by atoms with Gasteiger partial charge in [0.05, 0.1) is 19.1 Å². The number of aliphatic hydroxyl groups excluding tert-OH is 1. The fourth-order valence-electron chi connectivity index (χ4n) is 3.18. The lowest BCUT2D eigenvalue weighted by Crippen LogP contribution is -2.34. The highest BCUT2D eigenvalue weighted by Crippen LogP contribution is 2.24. The molecule has 1 aromatic heterocycles. The Labute approximate surface area is 141 Å². The van der Waals surface area contributed by atoms with Crippen molar-refractivity contribution >= 4 is 16.8 Å². The first-order valence-corrected chi connectivity index (χ1v) is 8.09. The third kappa shape index (κ3) is 3.05. The van der Waals surface area contributed by atoms with E-state index in [1.807, 2.05) is 61.7 Å². The van der Waals surface area contributed by atoms with Crippen molar-refractivity contribution < 1.29 is 9.90 Å². The zero-order valence-corrected chi connectivity index (χ0v) is 14.0. The molecule has 0 aliphatic carbocycles. The van der Waals surface area contributed by atoms with Crippen molar-refractivity contribution in [2.45, 2.75) is 19.4 Å². The van der Waals surface area contributed by atoms with Gasteiger partial charge in [-0.3, -0.25) is 4.79 Å². The number of aromatic amines is 1. The highest BCUT2D eigenvalue weighted by molar-refractivity contribution is 5.91. The normalized spacial score (nSPS) is 12.3. The Kier molecular flexibility index (Phi) is 4.67. The molecule has 0 fully saturated rings. The van der Waals surface area contributed by atoms with Gasteiger partial charge in [0.25, 0.3) is 0 Å². The van der Waals surface area contributed by atoms with E-state index in [9.17, 15) is 9.90 Å². The minimum Gasteiger partial charge on any atom is -0.394 e. The summed E-state index contributed by atoms with van der Waals surface area (Å²) in [5.74, 6) is -0.0120. The summed E-state index contributed by atoms with van der Waals surface area (Å²) in [6, 6.07) is 15.4. The quantitative estimate of drug-likeness (QED) is 0.758. The number of hydrogen-bond donors (Lipinski definition) is 2. The Bertz CT molecular complexity index is 839. The van der Waals surface area contributed by atoms with Gasteiger partial charge in [0.2, 0.25) is 5.91 Å². The minimum absolute atomic E-state index is 0.0120. The van der Waals surface area contributed by atoms with Crippen LogP contribution in [0.2, 0.25) is 0 Å². The van der Waals surface area contributed by atoms with Crippen molar-refractivity contribution in [3.8, 4) is 0 Å². The molecule has 1 heterocycles. The molecule has 24 heavy (non-hydrogen) atoms. The van der Waals surface area contributed by atoms with Gasteiger partial charge >= 0.3 is 0 Å². The summed E-state index contributed by atoms with van der Waals surface area (Å²) in [5, 5.41) is 10.9. The summed E-state index contributed by atoms with van der Waals surface area (Å²) in [4.78, 5) is 17.6. The molecule has 1 amide bonds. The number of likely N-dealkylation sites (N-methyl/N-ethyl adjacent to an activating group) is 1. The summed E-state index contributed by atoms with van der Waals surface area (Å²) in [5.41, 5.74) is 4.12. The van der Waals surface area contributed by atoms with Crippen LogP contribution in [-0.2, 0) is 11.2 Å². The van der Waals surface area contributed by atoms with Crippen LogP contribution >= 0.6 is 0 Å². The maximum absolute atomic E-state index is 12.7. The average Bonchev–Trinajstić information content (AvgIpc) is 3.00. The van der Waals surface area contributed by atoms with E-state index in [0.717, 1.165) is 27.6 Å². The van der Waals surface area contributed by atoms with E-state index in [2.05, 4.69) is 4.98 Å². The van der Waals surface area contributed by atoms with Gasteiger partial charge in [-0.05, 0) is 29.7 Å². The highest BCUT2D eigenvalue weighted by atomic mass is 16.3. The fourth-order valence-corrected chi connectivity index (χ4v) is 3.18. The second-order valence-corrected chi connectivity index (χ2v) is 6.10. The van der Waals surface area contributed by atoms with Crippen LogP contribution in [0.5, 0.6) is 0 Å². The summed E-state index contributed by atoms with van der Waals surface area (Å²) >= 11 is 0.